The maximum absolute atomic E-state index is 12.7. The largest absolute Gasteiger partial charge is 0.368 e. The lowest BCUT2D eigenvalue weighted by atomic mass is 10.0. The fourth-order valence-electron chi connectivity index (χ4n) is 2.82. The molecule has 0 saturated carbocycles. The van der Waals surface area contributed by atoms with Gasteiger partial charge in [0, 0.05) is 13.3 Å². The van der Waals surface area contributed by atoms with E-state index in [1.54, 1.807) is 0 Å². The van der Waals surface area contributed by atoms with Crippen LogP contribution in [-0.4, -0.2) is 29.8 Å². The maximum atomic E-state index is 12.7. The van der Waals surface area contributed by atoms with Crippen LogP contribution in [0, 0.1) is 0 Å². The molecule has 142 valence electrons. The molecule has 27 heavy (non-hydrogen) atoms. The third-order valence-electron chi connectivity index (χ3n) is 4.20. The van der Waals surface area contributed by atoms with Gasteiger partial charge in [0.15, 0.2) is 0 Å². The number of hydrogen-bond donors (Lipinski definition) is 3. The monoisotopic (exact) mass is 367 g/mol. The summed E-state index contributed by atoms with van der Waals surface area (Å²) >= 11 is 0. The summed E-state index contributed by atoms with van der Waals surface area (Å²) in [5, 5.41) is 5.33. The minimum atomic E-state index is -0.801. The zero-order valence-corrected chi connectivity index (χ0v) is 15.4. The Morgan fingerprint density at radius 3 is 1.93 bits per heavy atom. The molecule has 2 aromatic carbocycles. The second kappa shape index (κ2) is 10.1. The predicted molar refractivity (Wildman–Crippen MR) is 104 cm³/mol. The van der Waals surface area contributed by atoms with E-state index in [0.29, 0.717) is 19.3 Å². The van der Waals surface area contributed by atoms with Gasteiger partial charge in [0.1, 0.15) is 12.1 Å². The highest BCUT2D eigenvalue weighted by Gasteiger charge is 2.25. The molecule has 0 radical (unpaired) electrons. The minimum Gasteiger partial charge on any atom is -0.368 e. The third-order valence-corrected chi connectivity index (χ3v) is 4.20. The lowest BCUT2D eigenvalue weighted by Crippen LogP contribution is -2.53. The number of aryl methyl sites for hydroxylation is 1. The van der Waals surface area contributed by atoms with E-state index in [0.717, 1.165) is 11.1 Å². The molecule has 0 saturated heterocycles. The van der Waals surface area contributed by atoms with E-state index >= 15 is 0 Å². The van der Waals surface area contributed by atoms with Gasteiger partial charge in [-0.3, -0.25) is 14.4 Å². The Kier molecular flexibility index (Phi) is 7.55. The van der Waals surface area contributed by atoms with Gasteiger partial charge in [-0.05, 0) is 24.0 Å². The molecule has 0 aliphatic heterocycles. The van der Waals surface area contributed by atoms with Crippen molar-refractivity contribution >= 4 is 17.7 Å². The molecule has 0 spiro atoms. The lowest BCUT2D eigenvalue weighted by molar-refractivity contribution is -0.130. The second-order valence-electron chi connectivity index (χ2n) is 6.43. The molecule has 0 aliphatic carbocycles. The Hall–Kier alpha value is -3.15. The van der Waals surface area contributed by atoms with Gasteiger partial charge in [0.05, 0.1) is 0 Å². The molecule has 2 atom stereocenters. The Morgan fingerprint density at radius 1 is 0.852 bits per heavy atom. The summed E-state index contributed by atoms with van der Waals surface area (Å²) in [4.78, 5) is 36.0. The van der Waals surface area contributed by atoms with E-state index in [9.17, 15) is 14.4 Å². The van der Waals surface area contributed by atoms with E-state index in [-0.39, 0.29) is 5.91 Å². The van der Waals surface area contributed by atoms with Crippen molar-refractivity contribution in [1.82, 2.24) is 10.6 Å². The number of hydrogen-bond acceptors (Lipinski definition) is 3. The Balaban J connectivity index is 2.02. The summed E-state index contributed by atoms with van der Waals surface area (Å²) in [6, 6.07) is 17.4. The van der Waals surface area contributed by atoms with Crippen molar-refractivity contribution in [3.8, 4) is 0 Å². The molecule has 2 rings (SSSR count). The average Bonchev–Trinajstić information content (AvgIpc) is 2.65. The molecular weight excluding hydrogens is 342 g/mol. The average molecular weight is 367 g/mol. The van der Waals surface area contributed by atoms with Gasteiger partial charge < -0.3 is 16.4 Å². The summed E-state index contributed by atoms with van der Waals surface area (Å²) in [7, 11) is 0. The van der Waals surface area contributed by atoms with Crippen molar-refractivity contribution in [2.45, 2.75) is 38.3 Å². The highest BCUT2D eigenvalue weighted by atomic mass is 16.2. The Morgan fingerprint density at radius 2 is 1.41 bits per heavy atom. The molecule has 3 amide bonds. The number of carbonyl (C=O) groups excluding carboxylic acids is 3. The zero-order valence-electron chi connectivity index (χ0n) is 15.4. The maximum Gasteiger partial charge on any atom is 0.243 e. The summed E-state index contributed by atoms with van der Waals surface area (Å²) in [6.07, 6.45) is 1.33. The first-order valence-electron chi connectivity index (χ1n) is 8.90. The number of amides is 3. The van der Waals surface area contributed by atoms with Crippen molar-refractivity contribution in [3.63, 3.8) is 0 Å². The van der Waals surface area contributed by atoms with Crippen LogP contribution in [0.25, 0.3) is 0 Å². The quantitative estimate of drug-likeness (QED) is 0.623. The molecule has 0 aromatic heterocycles. The second-order valence-corrected chi connectivity index (χ2v) is 6.43. The number of nitrogens with two attached hydrogens (primary N) is 1. The van der Waals surface area contributed by atoms with Crippen molar-refractivity contribution in [3.05, 3.63) is 71.8 Å². The molecule has 0 aliphatic rings. The zero-order chi connectivity index (χ0) is 19.6. The highest BCUT2D eigenvalue weighted by molar-refractivity contribution is 5.91. The van der Waals surface area contributed by atoms with Gasteiger partial charge >= 0.3 is 0 Å². The van der Waals surface area contributed by atoms with E-state index in [1.165, 1.54) is 6.92 Å². The van der Waals surface area contributed by atoms with Gasteiger partial charge in [-0.2, -0.15) is 0 Å². The lowest BCUT2D eigenvalue weighted by Gasteiger charge is -2.21. The van der Waals surface area contributed by atoms with Crippen LogP contribution in [0.3, 0.4) is 0 Å². The highest BCUT2D eigenvalue weighted by Crippen LogP contribution is 2.07. The standard InChI is InChI=1S/C21H25N3O3/c1-15(25)23-19(14-17-10-6-3-7-11-17)21(27)24-18(20(22)26)13-12-16-8-4-2-5-9-16/h2-11,18-19H,12-14H2,1H3,(H2,22,26)(H,23,25)(H,24,27)/t18-,19+/m1/s1. The van der Waals surface area contributed by atoms with Crippen molar-refractivity contribution in [2.24, 2.45) is 5.73 Å². The molecular formula is C21H25N3O3. The number of primary amides is 1. The van der Waals surface area contributed by atoms with Crippen LogP contribution in [0.4, 0.5) is 0 Å². The van der Waals surface area contributed by atoms with Gasteiger partial charge in [0.2, 0.25) is 17.7 Å². The van der Waals surface area contributed by atoms with Crippen LogP contribution in [0.2, 0.25) is 0 Å². The molecule has 0 unspecified atom stereocenters. The summed E-state index contributed by atoms with van der Waals surface area (Å²) in [6.45, 7) is 1.35. The molecule has 0 fully saturated rings. The SMILES string of the molecule is CC(=O)N[C@@H](Cc1ccccc1)C(=O)N[C@H](CCc1ccccc1)C(N)=O. The number of benzene rings is 2. The molecule has 0 heterocycles. The first-order valence-corrected chi connectivity index (χ1v) is 8.90. The normalized spacial score (nSPS) is 12.6. The van der Waals surface area contributed by atoms with Gasteiger partial charge in [-0.1, -0.05) is 60.7 Å². The van der Waals surface area contributed by atoms with Crippen LogP contribution >= 0.6 is 0 Å². The van der Waals surface area contributed by atoms with Crippen molar-refractivity contribution < 1.29 is 14.4 Å². The molecule has 6 heteroatoms. The number of nitrogens with one attached hydrogen (secondary N) is 2. The first kappa shape index (κ1) is 20.2. The van der Waals surface area contributed by atoms with E-state index in [4.69, 9.17) is 5.73 Å². The molecule has 6 nitrogen and oxygen atoms in total. The van der Waals surface area contributed by atoms with E-state index in [1.807, 2.05) is 60.7 Å². The smallest absolute Gasteiger partial charge is 0.243 e. The number of carbonyl (C=O) groups is 3. The van der Waals surface area contributed by atoms with Gasteiger partial charge in [-0.15, -0.1) is 0 Å². The van der Waals surface area contributed by atoms with Crippen molar-refractivity contribution in [2.75, 3.05) is 0 Å². The van der Waals surface area contributed by atoms with E-state index < -0.39 is 23.9 Å². The topological polar surface area (TPSA) is 101 Å². The molecule has 2 aromatic rings. The van der Waals surface area contributed by atoms with E-state index in [2.05, 4.69) is 10.6 Å². The van der Waals surface area contributed by atoms with Crippen LogP contribution in [0.1, 0.15) is 24.5 Å². The predicted octanol–water partition coefficient (Wildman–Crippen LogP) is 1.34. The minimum absolute atomic E-state index is 0.314. The van der Waals surface area contributed by atoms with Gasteiger partial charge in [-0.25, -0.2) is 0 Å². The Bertz CT molecular complexity index is 763. The third kappa shape index (κ3) is 6.93. The van der Waals surface area contributed by atoms with Gasteiger partial charge in [0.25, 0.3) is 0 Å². The van der Waals surface area contributed by atoms with Crippen LogP contribution < -0.4 is 16.4 Å². The summed E-state index contributed by atoms with van der Waals surface area (Å²) < 4.78 is 0. The van der Waals surface area contributed by atoms with Crippen LogP contribution in [0.15, 0.2) is 60.7 Å². The molecule has 4 N–H and O–H groups in total. The van der Waals surface area contributed by atoms with Crippen LogP contribution in [0.5, 0.6) is 0 Å². The van der Waals surface area contributed by atoms with Crippen LogP contribution in [-0.2, 0) is 27.2 Å². The summed E-state index contributed by atoms with van der Waals surface area (Å²) in [5.74, 6) is -1.34. The molecule has 0 bridgehead atoms. The van der Waals surface area contributed by atoms with Crippen molar-refractivity contribution in [1.29, 1.82) is 0 Å². The fraction of sp³-hybridized carbons (Fsp3) is 0.286. The first-order chi connectivity index (χ1) is 13.0. The number of rotatable bonds is 9. The fourth-order valence-corrected chi connectivity index (χ4v) is 2.82. The Labute approximate surface area is 159 Å². The summed E-state index contributed by atoms with van der Waals surface area (Å²) in [5.41, 5.74) is 7.43.